The van der Waals surface area contributed by atoms with Gasteiger partial charge in [0.15, 0.2) is 0 Å². The maximum Gasteiger partial charge on any atom is 0.335 e. The number of hydrogen-bond acceptors (Lipinski definition) is 3. The summed E-state index contributed by atoms with van der Waals surface area (Å²) in [7, 11) is 0. The van der Waals surface area contributed by atoms with Crippen LogP contribution in [0.25, 0.3) is 0 Å². The van der Waals surface area contributed by atoms with Crippen molar-refractivity contribution in [3.05, 3.63) is 47.5 Å². The molecule has 0 unspecified atom stereocenters. The second kappa shape index (κ2) is 4.66. The van der Waals surface area contributed by atoms with Crippen LogP contribution in [0.15, 0.2) is 30.6 Å². The van der Waals surface area contributed by atoms with Crippen molar-refractivity contribution in [2.24, 2.45) is 0 Å². The lowest BCUT2D eigenvalue weighted by Gasteiger charge is -2.05. The smallest absolute Gasteiger partial charge is 0.335 e. The van der Waals surface area contributed by atoms with Crippen LogP contribution in [-0.4, -0.2) is 27.2 Å². The minimum atomic E-state index is -1.20. The van der Waals surface area contributed by atoms with E-state index in [-0.39, 0.29) is 16.8 Å². The Morgan fingerprint density at radius 3 is 2.72 bits per heavy atom. The van der Waals surface area contributed by atoms with E-state index in [1.165, 1.54) is 12.4 Å². The number of nitrogens with one attached hydrogen (secondary N) is 2. The zero-order valence-corrected chi connectivity index (χ0v) is 8.98. The number of aromatic amines is 1. The highest BCUT2D eigenvalue weighted by Gasteiger charge is 2.12. The number of aromatic nitrogens is 2. The van der Waals surface area contributed by atoms with Gasteiger partial charge in [-0.2, -0.15) is 5.10 Å². The maximum absolute atomic E-state index is 13.4. The number of carbonyl (C=O) groups is 2. The fraction of sp³-hybridized carbons (Fsp3) is 0. The summed E-state index contributed by atoms with van der Waals surface area (Å²) in [6.07, 6.45) is 2.61. The summed E-state index contributed by atoms with van der Waals surface area (Å²) < 4.78 is 13.4. The summed E-state index contributed by atoms with van der Waals surface area (Å²) >= 11 is 0. The first kappa shape index (κ1) is 11.8. The van der Waals surface area contributed by atoms with Crippen LogP contribution < -0.4 is 5.32 Å². The molecule has 7 heteroatoms. The predicted molar refractivity (Wildman–Crippen MR) is 59.9 cm³/mol. The summed E-state index contributed by atoms with van der Waals surface area (Å²) in [6.45, 7) is 0. The molecule has 1 amide bonds. The lowest BCUT2D eigenvalue weighted by molar-refractivity contribution is 0.0696. The number of anilines is 1. The largest absolute Gasteiger partial charge is 0.478 e. The third-order valence-corrected chi connectivity index (χ3v) is 2.22. The van der Waals surface area contributed by atoms with Gasteiger partial charge in [0.25, 0.3) is 5.91 Å². The van der Waals surface area contributed by atoms with Crippen LogP contribution in [0.3, 0.4) is 0 Å². The molecule has 0 aliphatic rings. The van der Waals surface area contributed by atoms with Gasteiger partial charge in [-0.3, -0.25) is 9.89 Å². The number of H-pyrrole nitrogens is 1. The fourth-order valence-electron chi connectivity index (χ4n) is 1.32. The normalized spacial score (nSPS) is 10.1. The predicted octanol–water partition coefficient (Wildman–Crippen LogP) is 1.50. The highest BCUT2D eigenvalue weighted by atomic mass is 19.1. The van der Waals surface area contributed by atoms with Crippen molar-refractivity contribution in [3.63, 3.8) is 0 Å². The Hall–Kier alpha value is -2.70. The number of carboxylic acids is 1. The number of rotatable bonds is 3. The summed E-state index contributed by atoms with van der Waals surface area (Å²) in [6, 6.07) is 3.15. The van der Waals surface area contributed by atoms with Gasteiger partial charge in [-0.15, -0.1) is 0 Å². The molecule has 0 atom stereocenters. The molecular formula is C11H8FN3O3. The summed E-state index contributed by atoms with van der Waals surface area (Å²) in [5.41, 5.74) is -0.0879. The first-order valence-corrected chi connectivity index (χ1v) is 4.91. The van der Waals surface area contributed by atoms with E-state index in [2.05, 4.69) is 15.5 Å². The second-order valence-electron chi connectivity index (χ2n) is 3.44. The lowest BCUT2D eigenvalue weighted by atomic mass is 10.2. The van der Waals surface area contributed by atoms with Crippen LogP contribution >= 0.6 is 0 Å². The molecule has 3 N–H and O–H groups in total. The molecule has 18 heavy (non-hydrogen) atoms. The molecule has 0 aliphatic carbocycles. The van der Waals surface area contributed by atoms with Crippen LogP contribution in [-0.2, 0) is 0 Å². The van der Waals surface area contributed by atoms with Gasteiger partial charge in [0.2, 0.25) is 0 Å². The minimum Gasteiger partial charge on any atom is -0.478 e. The van der Waals surface area contributed by atoms with E-state index < -0.39 is 17.7 Å². The number of nitrogens with zero attached hydrogens (tertiary/aromatic N) is 1. The Bertz CT molecular complexity index is 596. The average Bonchev–Trinajstić information content (AvgIpc) is 2.85. The standard InChI is InChI=1S/C11H8FN3O3/c12-8-2-1-6(11(17)18)3-9(8)15-10(16)7-4-13-14-5-7/h1-5H,(H,13,14)(H,15,16)(H,17,18). The van der Waals surface area contributed by atoms with E-state index >= 15 is 0 Å². The molecule has 0 saturated carbocycles. The number of carboxylic acid groups (broad SMARTS) is 1. The molecule has 1 heterocycles. The Labute approximate surface area is 100 Å². The second-order valence-corrected chi connectivity index (χ2v) is 3.44. The van der Waals surface area contributed by atoms with Gasteiger partial charge in [0.05, 0.1) is 23.0 Å². The van der Waals surface area contributed by atoms with Crippen molar-refractivity contribution >= 4 is 17.6 Å². The van der Waals surface area contributed by atoms with Gasteiger partial charge in [-0.1, -0.05) is 0 Å². The van der Waals surface area contributed by atoms with Crippen LogP contribution in [0, 0.1) is 5.82 Å². The van der Waals surface area contributed by atoms with Gasteiger partial charge >= 0.3 is 5.97 Å². The van der Waals surface area contributed by atoms with Crippen molar-refractivity contribution < 1.29 is 19.1 Å². The molecule has 0 fully saturated rings. The fourth-order valence-corrected chi connectivity index (χ4v) is 1.32. The Balaban J connectivity index is 2.26. The zero-order chi connectivity index (χ0) is 13.1. The maximum atomic E-state index is 13.4. The lowest BCUT2D eigenvalue weighted by Crippen LogP contribution is -2.13. The van der Waals surface area contributed by atoms with Gasteiger partial charge in [-0.25, -0.2) is 9.18 Å². The molecule has 1 aromatic carbocycles. The number of halogens is 1. The number of aromatic carboxylic acids is 1. The average molecular weight is 249 g/mol. The van der Waals surface area contributed by atoms with E-state index in [0.717, 1.165) is 18.2 Å². The molecule has 2 aromatic rings. The van der Waals surface area contributed by atoms with Crippen molar-refractivity contribution in [3.8, 4) is 0 Å². The quantitative estimate of drug-likeness (QED) is 0.768. The molecule has 2 rings (SSSR count). The SMILES string of the molecule is O=C(O)c1ccc(F)c(NC(=O)c2cn[nH]c2)c1. The van der Waals surface area contributed by atoms with E-state index in [1.807, 2.05) is 0 Å². The van der Waals surface area contributed by atoms with Gasteiger partial charge < -0.3 is 10.4 Å². The van der Waals surface area contributed by atoms with Crippen LogP contribution in [0.5, 0.6) is 0 Å². The summed E-state index contributed by atoms with van der Waals surface area (Å²) in [4.78, 5) is 22.4. The van der Waals surface area contributed by atoms with Crippen molar-refractivity contribution in [2.75, 3.05) is 5.32 Å². The number of amides is 1. The van der Waals surface area contributed by atoms with Crippen molar-refractivity contribution in [1.29, 1.82) is 0 Å². The Morgan fingerprint density at radius 2 is 2.11 bits per heavy atom. The molecule has 6 nitrogen and oxygen atoms in total. The Kier molecular flexibility index (Phi) is 3.05. The monoisotopic (exact) mass is 249 g/mol. The minimum absolute atomic E-state index is 0.112. The molecular weight excluding hydrogens is 241 g/mol. The van der Waals surface area contributed by atoms with E-state index in [4.69, 9.17) is 5.11 Å². The van der Waals surface area contributed by atoms with Crippen molar-refractivity contribution in [2.45, 2.75) is 0 Å². The van der Waals surface area contributed by atoms with Gasteiger partial charge in [0, 0.05) is 6.20 Å². The van der Waals surface area contributed by atoms with Crippen LogP contribution in [0.1, 0.15) is 20.7 Å². The zero-order valence-electron chi connectivity index (χ0n) is 8.98. The number of benzene rings is 1. The van der Waals surface area contributed by atoms with Gasteiger partial charge in [-0.05, 0) is 18.2 Å². The molecule has 1 aromatic heterocycles. The van der Waals surface area contributed by atoms with Crippen molar-refractivity contribution in [1.82, 2.24) is 10.2 Å². The molecule has 0 bridgehead atoms. The number of hydrogen-bond donors (Lipinski definition) is 3. The highest BCUT2D eigenvalue weighted by molar-refractivity contribution is 6.04. The third-order valence-electron chi connectivity index (χ3n) is 2.22. The molecule has 0 aliphatic heterocycles. The summed E-state index contributed by atoms with van der Waals surface area (Å²) in [5.74, 6) is -2.49. The van der Waals surface area contributed by atoms with Crippen LogP contribution in [0.2, 0.25) is 0 Å². The van der Waals surface area contributed by atoms with E-state index in [1.54, 1.807) is 0 Å². The van der Waals surface area contributed by atoms with E-state index in [9.17, 15) is 14.0 Å². The first-order valence-electron chi connectivity index (χ1n) is 4.91. The molecule has 0 saturated heterocycles. The Morgan fingerprint density at radius 1 is 1.33 bits per heavy atom. The first-order chi connectivity index (χ1) is 8.58. The topological polar surface area (TPSA) is 95.1 Å². The molecule has 0 spiro atoms. The summed E-state index contributed by atoms with van der Waals surface area (Å²) in [5, 5.41) is 17.1. The molecule has 92 valence electrons. The van der Waals surface area contributed by atoms with E-state index in [0.29, 0.717) is 0 Å². The van der Waals surface area contributed by atoms with Gasteiger partial charge in [0.1, 0.15) is 5.82 Å². The number of carbonyl (C=O) groups excluding carboxylic acids is 1. The van der Waals surface area contributed by atoms with Crippen LogP contribution in [0.4, 0.5) is 10.1 Å². The molecule has 0 radical (unpaired) electrons. The third kappa shape index (κ3) is 2.34. The highest BCUT2D eigenvalue weighted by Crippen LogP contribution is 2.17.